The average molecular weight is 322 g/mol. The molecule has 1 aromatic heterocycles. The van der Waals surface area contributed by atoms with E-state index < -0.39 is 5.41 Å². The van der Waals surface area contributed by atoms with E-state index in [-0.39, 0.29) is 25.2 Å². The summed E-state index contributed by atoms with van der Waals surface area (Å²) in [5, 5.41) is 2.71. The van der Waals surface area contributed by atoms with Crippen molar-refractivity contribution in [2.75, 3.05) is 38.7 Å². The number of esters is 1. The van der Waals surface area contributed by atoms with Crippen LogP contribution in [0.25, 0.3) is 0 Å². The maximum absolute atomic E-state index is 12.4. The van der Waals surface area contributed by atoms with Crippen LogP contribution in [-0.4, -0.2) is 60.3 Å². The fourth-order valence-corrected chi connectivity index (χ4v) is 2.76. The van der Waals surface area contributed by atoms with Crippen molar-refractivity contribution in [1.82, 2.24) is 14.9 Å². The number of hydrogen-bond donors (Lipinski definition) is 1. The van der Waals surface area contributed by atoms with E-state index in [0.29, 0.717) is 31.8 Å². The number of hydrogen-bond acceptors (Lipinski definition) is 6. The molecule has 8 nitrogen and oxygen atoms in total. The topological polar surface area (TPSA) is 93.7 Å². The number of urea groups is 1. The van der Waals surface area contributed by atoms with Crippen LogP contribution in [0.4, 0.5) is 10.6 Å². The van der Waals surface area contributed by atoms with E-state index in [0.717, 1.165) is 0 Å². The number of likely N-dealkylation sites (tertiary alicyclic amines) is 1. The molecule has 1 fully saturated rings. The summed E-state index contributed by atoms with van der Waals surface area (Å²) < 4.78 is 10.4. The SMILES string of the molecule is CCOC(=O)[C@@]1(COC)CCCN(C(=O)Nc2ccncn2)C1. The van der Waals surface area contributed by atoms with Crippen molar-refractivity contribution in [1.29, 1.82) is 0 Å². The van der Waals surface area contributed by atoms with Crippen LogP contribution in [0, 0.1) is 5.41 Å². The lowest BCUT2D eigenvalue weighted by Gasteiger charge is -2.40. The van der Waals surface area contributed by atoms with Crippen LogP contribution in [0.1, 0.15) is 19.8 Å². The number of carbonyl (C=O) groups is 2. The van der Waals surface area contributed by atoms with Gasteiger partial charge in [-0.25, -0.2) is 14.8 Å². The van der Waals surface area contributed by atoms with Crippen molar-refractivity contribution in [2.45, 2.75) is 19.8 Å². The molecule has 126 valence electrons. The summed E-state index contributed by atoms with van der Waals surface area (Å²) in [6, 6.07) is 1.31. The van der Waals surface area contributed by atoms with E-state index in [1.54, 1.807) is 31.2 Å². The first-order valence-corrected chi connectivity index (χ1v) is 7.59. The number of nitrogens with zero attached hydrogens (tertiary/aromatic N) is 3. The third kappa shape index (κ3) is 4.16. The Bertz CT molecular complexity index is 536. The number of carbonyl (C=O) groups excluding carboxylic acids is 2. The minimum absolute atomic E-state index is 0.225. The standard InChI is InChI=1S/C15H22N4O4/c1-3-23-13(20)15(10-22-2)6-4-8-19(9-15)14(21)18-12-5-7-16-11-17-12/h5,7,11H,3-4,6,8-10H2,1-2H3,(H,16,17,18,21)/t15-/m0/s1. The van der Waals surface area contributed by atoms with Gasteiger partial charge in [0.05, 0.1) is 13.2 Å². The van der Waals surface area contributed by atoms with Gasteiger partial charge in [0.15, 0.2) is 0 Å². The lowest BCUT2D eigenvalue weighted by Crippen LogP contribution is -2.53. The summed E-state index contributed by atoms with van der Waals surface area (Å²) in [5.41, 5.74) is -0.813. The molecule has 23 heavy (non-hydrogen) atoms. The Morgan fingerprint density at radius 2 is 2.30 bits per heavy atom. The quantitative estimate of drug-likeness (QED) is 0.821. The second-order valence-corrected chi connectivity index (χ2v) is 5.48. The molecule has 1 atom stereocenters. The molecule has 0 unspecified atom stereocenters. The van der Waals surface area contributed by atoms with Gasteiger partial charge in [-0.05, 0) is 25.8 Å². The minimum atomic E-state index is -0.813. The Morgan fingerprint density at radius 3 is 2.96 bits per heavy atom. The molecule has 1 saturated heterocycles. The van der Waals surface area contributed by atoms with Crippen LogP contribution < -0.4 is 5.32 Å². The number of rotatable bonds is 5. The number of amides is 2. The Morgan fingerprint density at radius 1 is 1.48 bits per heavy atom. The van der Waals surface area contributed by atoms with Crippen molar-refractivity contribution in [2.24, 2.45) is 5.41 Å². The molecule has 2 rings (SSSR count). The normalized spacial score (nSPS) is 20.9. The predicted octanol–water partition coefficient (Wildman–Crippen LogP) is 1.30. The van der Waals surface area contributed by atoms with Crippen LogP contribution in [0.3, 0.4) is 0 Å². The lowest BCUT2D eigenvalue weighted by atomic mass is 9.80. The number of aromatic nitrogens is 2. The summed E-state index contributed by atoms with van der Waals surface area (Å²) in [7, 11) is 1.54. The zero-order valence-corrected chi connectivity index (χ0v) is 13.4. The van der Waals surface area contributed by atoms with Crippen LogP contribution in [-0.2, 0) is 14.3 Å². The smallest absolute Gasteiger partial charge is 0.323 e. The van der Waals surface area contributed by atoms with Gasteiger partial charge in [-0.15, -0.1) is 0 Å². The number of methoxy groups -OCH3 is 1. The summed E-state index contributed by atoms with van der Waals surface area (Å²) >= 11 is 0. The Kier molecular flexibility index (Phi) is 5.86. The number of ether oxygens (including phenoxy) is 2. The van der Waals surface area contributed by atoms with Gasteiger partial charge in [0.1, 0.15) is 17.6 Å². The molecule has 2 heterocycles. The second-order valence-electron chi connectivity index (χ2n) is 5.48. The van der Waals surface area contributed by atoms with Crippen LogP contribution in [0.5, 0.6) is 0 Å². The molecule has 0 aliphatic carbocycles. The molecule has 0 radical (unpaired) electrons. The van der Waals surface area contributed by atoms with Gasteiger partial charge in [0, 0.05) is 26.4 Å². The van der Waals surface area contributed by atoms with Crippen molar-refractivity contribution >= 4 is 17.8 Å². The van der Waals surface area contributed by atoms with Crippen molar-refractivity contribution in [3.05, 3.63) is 18.6 Å². The summed E-state index contributed by atoms with van der Waals surface area (Å²) in [4.78, 5) is 34.1. The zero-order valence-electron chi connectivity index (χ0n) is 13.4. The molecular weight excluding hydrogens is 300 g/mol. The molecule has 8 heteroatoms. The van der Waals surface area contributed by atoms with E-state index in [2.05, 4.69) is 15.3 Å². The molecule has 0 spiro atoms. The highest BCUT2D eigenvalue weighted by Gasteiger charge is 2.45. The highest BCUT2D eigenvalue weighted by Crippen LogP contribution is 2.32. The van der Waals surface area contributed by atoms with Gasteiger partial charge in [0.25, 0.3) is 0 Å². The van der Waals surface area contributed by atoms with Crippen molar-refractivity contribution in [3.8, 4) is 0 Å². The Labute approximate surface area is 135 Å². The summed E-state index contributed by atoms with van der Waals surface area (Å²) in [6.45, 7) is 3.12. The maximum Gasteiger partial charge on any atom is 0.323 e. The van der Waals surface area contributed by atoms with Crippen LogP contribution in [0.2, 0.25) is 0 Å². The molecule has 2 amide bonds. The average Bonchev–Trinajstić information content (AvgIpc) is 2.56. The van der Waals surface area contributed by atoms with Crippen molar-refractivity contribution in [3.63, 3.8) is 0 Å². The first-order chi connectivity index (χ1) is 11.1. The van der Waals surface area contributed by atoms with Gasteiger partial charge < -0.3 is 14.4 Å². The van der Waals surface area contributed by atoms with Gasteiger partial charge >= 0.3 is 12.0 Å². The summed E-state index contributed by atoms with van der Waals surface area (Å²) in [5.74, 6) is 0.102. The molecule has 0 aromatic carbocycles. The van der Waals surface area contributed by atoms with Crippen LogP contribution in [0.15, 0.2) is 18.6 Å². The third-order valence-corrected chi connectivity index (χ3v) is 3.81. The van der Waals surface area contributed by atoms with E-state index >= 15 is 0 Å². The molecule has 0 saturated carbocycles. The number of piperidine rings is 1. The highest BCUT2D eigenvalue weighted by atomic mass is 16.5. The maximum atomic E-state index is 12.4. The second kappa shape index (κ2) is 7.87. The van der Waals surface area contributed by atoms with Crippen LogP contribution >= 0.6 is 0 Å². The van der Waals surface area contributed by atoms with E-state index in [9.17, 15) is 9.59 Å². The fraction of sp³-hybridized carbons (Fsp3) is 0.600. The Balaban J connectivity index is 2.08. The highest BCUT2D eigenvalue weighted by molar-refractivity contribution is 5.89. The third-order valence-electron chi connectivity index (χ3n) is 3.81. The minimum Gasteiger partial charge on any atom is -0.465 e. The first-order valence-electron chi connectivity index (χ1n) is 7.59. The molecular formula is C15H22N4O4. The molecule has 1 N–H and O–H groups in total. The lowest BCUT2D eigenvalue weighted by molar-refractivity contribution is -0.162. The summed E-state index contributed by atoms with van der Waals surface area (Å²) in [6.07, 6.45) is 4.25. The van der Waals surface area contributed by atoms with E-state index in [1.807, 2.05) is 0 Å². The van der Waals surface area contributed by atoms with Crippen molar-refractivity contribution < 1.29 is 19.1 Å². The zero-order chi connectivity index (χ0) is 16.7. The fourth-order valence-electron chi connectivity index (χ4n) is 2.76. The van der Waals surface area contributed by atoms with Gasteiger partial charge in [-0.1, -0.05) is 0 Å². The van der Waals surface area contributed by atoms with Gasteiger partial charge in [-0.2, -0.15) is 0 Å². The molecule has 1 aromatic rings. The largest absolute Gasteiger partial charge is 0.465 e. The number of anilines is 1. The predicted molar refractivity (Wildman–Crippen MR) is 82.8 cm³/mol. The first kappa shape index (κ1) is 17.1. The molecule has 1 aliphatic rings. The number of nitrogens with one attached hydrogen (secondary N) is 1. The van der Waals surface area contributed by atoms with E-state index in [4.69, 9.17) is 9.47 Å². The van der Waals surface area contributed by atoms with E-state index in [1.165, 1.54) is 6.33 Å². The molecule has 0 bridgehead atoms. The van der Waals surface area contributed by atoms with Gasteiger partial charge in [-0.3, -0.25) is 10.1 Å². The molecule has 1 aliphatic heterocycles. The Hall–Kier alpha value is -2.22. The van der Waals surface area contributed by atoms with Gasteiger partial charge in [0.2, 0.25) is 0 Å². The monoisotopic (exact) mass is 322 g/mol.